The van der Waals surface area contributed by atoms with E-state index in [2.05, 4.69) is 15.4 Å². The maximum Gasteiger partial charge on any atom is 0.416 e. The van der Waals surface area contributed by atoms with Gasteiger partial charge in [-0.1, -0.05) is 54.0 Å². The number of sulfonamides is 1. The van der Waals surface area contributed by atoms with E-state index in [9.17, 15) is 36.0 Å². The van der Waals surface area contributed by atoms with Gasteiger partial charge in [0.15, 0.2) is 0 Å². The summed E-state index contributed by atoms with van der Waals surface area (Å²) in [6, 6.07) is 7.60. The van der Waals surface area contributed by atoms with E-state index in [0.29, 0.717) is 52.4 Å². The molecule has 1 aliphatic heterocycles. The number of halogens is 3. The number of hydrogen-bond donors (Lipinski definition) is 3. The fourth-order valence-corrected chi connectivity index (χ4v) is 10.4. The van der Waals surface area contributed by atoms with E-state index in [-0.39, 0.29) is 66.5 Å². The molecule has 2 aliphatic carbocycles. The number of ether oxygens (including phenoxy) is 2. The summed E-state index contributed by atoms with van der Waals surface area (Å²) in [5.74, 6) is -1.26. The van der Waals surface area contributed by atoms with Gasteiger partial charge in [-0.2, -0.15) is 13.2 Å². The second kappa shape index (κ2) is 18.0. The average molecular weight is 936 g/mol. The van der Waals surface area contributed by atoms with Crippen molar-refractivity contribution >= 4 is 85.2 Å². The molecule has 0 unspecified atom stereocenters. The molecule has 5 atom stereocenters. The SMILES string of the molecule is CC[C@@H]1C[C@]1(NC(=O)[C@@H]1C[C@@H](Oc2cc(-c3nc(C(C)C)cs3)nc3c(C)c(OC)ccc23)CN1C(=O)[C@@H](Nc1cccc(C(F)(F)F)c1)C(C)(C)C)C(=O)NS(=O)(=O)C1(C)CC1.[Na]. The summed E-state index contributed by atoms with van der Waals surface area (Å²) in [6.07, 6.45) is -4.00. The van der Waals surface area contributed by atoms with Gasteiger partial charge >= 0.3 is 6.18 Å². The van der Waals surface area contributed by atoms with Crippen molar-refractivity contribution in [2.24, 2.45) is 11.3 Å². The molecule has 341 valence electrons. The molecule has 64 heavy (non-hydrogen) atoms. The number of benzene rings is 2. The molecule has 0 bridgehead atoms. The number of carbonyl (C=O) groups excluding carboxylic acids is 3. The van der Waals surface area contributed by atoms with Crippen LogP contribution in [0.3, 0.4) is 0 Å². The maximum atomic E-state index is 15.0. The van der Waals surface area contributed by atoms with Gasteiger partial charge in [0, 0.05) is 64.1 Å². The molecule has 1 radical (unpaired) electrons. The first-order valence-corrected chi connectivity index (χ1v) is 23.5. The Kier molecular flexibility index (Phi) is 13.9. The Bertz CT molecular complexity index is 2560. The van der Waals surface area contributed by atoms with Crippen LogP contribution in [0.5, 0.6) is 11.5 Å². The van der Waals surface area contributed by atoms with Gasteiger partial charge in [0.25, 0.3) is 5.91 Å². The summed E-state index contributed by atoms with van der Waals surface area (Å²) < 4.78 is 81.3. The fourth-order valence-electron chi connectivity index (χ4n) is 8.19. The zero-order valence-corrected chi connectivity index (χ0v) is 41.5. The van der Waals surface area contributed by atoms with Crippen LogP contribution in [0.25, 0.3) is 21.6 Å². The first kappa shape index (κ1) is 49.5. The summed E-state index contributed by atoms with van der Waals surface area (Å²) in [7, 11) is -2.47. The molecule has 2 aromatic carbocycles. The molecular formula is C45H55F3N6NaO7S2. The molecule has 13 nitrogen and oxygen atoms in total. The zero-order valence-electron chi connectivity index (χ0n) is 37.9. The summed E-state index contributed by atoms with van der Waals surface area (Å²) in [6.45, 7) is 14.5. The Hall–Kier alpha value is -3.97. The minimum absolute atomic E-state index is 0. The molecule has 3 heterocycles. The maximum absolute atomic E-state index is 15.0. The van der Waals surface area contributed by atoms with Gasteiger partial charge in [0.05, 0.1) is 35.2 Å². The number of fused-ring (bicyclic) bond motifs is 1. The predicted octanol–water partition coefficient (Wildman–Crippen LogP) is 7.60. The molecule has 19 heteroatoms. The number of methoxy groups -OCH3 is 1. The van der Waals surface area contributed by atoms with E-state index < -0.39 is 73.4 Å². The van der Waals surface area contributed by atoms with E-state index in [1.54, 1.807) is 46.9 Å². The van der Waals surface area contributed by atoms with Gasteiger partial charge in [-0.05, 0) is 80.7 Å². The largest absolute Gasteiger partial charge is 0.496 e. The number of pyridine rings is 1. The molecular weight excluding hydrogens is 881 g/mol. The topological polar surface area (TPSA) is 169 Å². The number of nitrogens with one attached hydrogen (secondary N) is 3. The Balaban J connectivity index is 0.00000680. The standard InChI is InChI=1S/C45H55F3N6O7S2.Na/c1-10-26-21-44(26,41(57)53-63(58,59)43(8)16-17-43)52-38(55)33-19-29(22-54(33)40(56)37(42(5,6)7)49-28-13-11-12-27(18-28)45(46,47)48)61-35-20-31(39-51-32(23-62-39)24(2)3)50-36-25(4)34(60-9)15-14-30(35)36;/h11-15,18,20,23-24,26,29,33,37,49H,10,16-17,19,21-22H2,1-9H3,(H,52,55)(H,53,57);/t26-,29-,33+,37-,44-;/m1./s1. The monoisotopic (exact) mass is 935 g/mol. The number of aromatic nitrogens is 2. The van der Waals surface area contributed by atoms with Crippen molar-refractivity contribution in [2.45, 2.75) is 128 Å². The van der Waals surface area contributed by atoms with Crippen molar-refractivity contribution in [1.82, 2.24) is 24.9 Å². The van der Waals surface area contributed by atoms with Gasteiger partial charge < -0.3 is 25.0 Å². The van der Waals surface area contributed by atoms with Crippen LogP contribution in [0.1, 0.15) is 103 Å². The van der Waals surface area contributed by atoms with Crippen LogP contribution in [0.4, 0.5) is 18.9 Å². The van der Waals surface area contributed by atoms with Crippen molar-refractivity contribution < 1.29 is 45.4 Å². The zero-order chi connectivity index (χ0) is 46.0. The van der Waals surface area contributed by atoms with Crippen LogP contribution in [-0.4, -0.2) is 113 Å². The van der Waals surface area contributed by atoms with Crippen molar-refractivity contribution in [3.8, 4) is 22.2 Å². The van der Waals surface area contributed by atoms with E-state index in [1.165, 1.54) is 28.4 Å². The van der Waals surface area contributed by atoms with Crippen molar-refractivity contribution in [2.75, 3.05) is 19.0 Å². The molecule has 7 rings (SSSR count). The predicted molar refractivity (Wildman–Crippen MR) is 241 cm³/mol. The first-order valence-electron chi connectivity index (χ1n) is 21.1. The Morgan fingerprint density at radius 1 is 1.05 bits per heavy atom. The van der Waals surface area contributed by atoms with Crippen LogP contribution < -0.4 is 24.8 Å². The van der Waals surface area contributed by atoms with Gasteiger partial charge in [-0.25, -0.2) is 18.4 Å². The van der Waals surface area contributed by atoms with E-state index in [0.717, 1.165) is 23.4 Å². The number of nitrogens with zero attached hydrogens (tertiary/aromatic N) is 3. The molecule has 3 amide bonds. The van der Waals surface area contributed by atoms with Crippen LogP contribution >= 0.6 is 11.3 Å². The van der Waals surface area contributed by atoms with Gasteiger partial charge in [0.2, 0.25) is 21.8 Å². The second-order valence-corrected chi connectivity index (χ2v) is 21.7. The molecule has 0 spiro atoms. The average Bonchev–Trinajstić information content (AvgIpc) is 4.00. The van der Waals surface area contributed by atoms with Gasteiger partial charge in [0.1, 0.15) is 45.9 Å². The molecule has 3 N–H and O–H groups in total. The summed E-state index contributed by atoms with van der Waals surface area (Å²) in [5.41, 5.74) is -0.459. The summed E-state index contributed by atoms with van der Waals surface area (Å²) in [5, 5.41) is 9.19. The Labute approximate surface area is 398 Å². The van der Waals surface area contributed by atoms with Crippen LogP contribution in [0, 0.1) is 18.3 Å². The van der Waals surface area contributed by atoms with E-state index in [4.69, 9.17) is 19.4 Å². The fraction of sp³-hybridized carbons (Fsp3) is 0.533. The minimum atomic E-state index is -4.63. The Morgan fingerprint density at radius 3 is 2.33 bits per heavy atom. The molecule has 3 aliphatic rings. The molecule has 1 saturated heterocycles. The van der Waals surface area contributed by atoms with Crippen LogP contribution in [-0.2, 0) is 30.6 Å². The number of likely N-dealkylation sites (tertiary alicyclic amines) is 1. The molecule has 2 saturated carbocycles. The van der Waals surface area contributed by atoms with Crippen molar-refractivity contribution in [1.29, 1.82) is 0 Å². The number of amides is 3. The quantitative estimate of drug-likeness (QED) is 0.107. The van der Waals surface area contributed by atoms with Crippen molar-refractivity contribution in [3.05, 3.63) is 64.7 Å². The molecule has 2 aromatic heterocycles. The number of aryl methyl sites for hydroxylation is 1. The third-order valence-electron chi connectivity index (χ3n) is 12.6. The minimum Gasteiger partial charge on any atom is -0.496 e. The first-order chi connectivity index (χ1) is 29.4. The van der Waals surface area contributed by atoms with E-state index >= 15 is 0 Å². The Morgan fingerprint density at radius 2 is 1.75 bits per heavy atom. The number of thiazole rings is 1. The summed E-state index contributed by atoms with van der Waals surface area (Å²) >= 11 is 1.44. The molecule has 3 fully saturated rings. The number of alkyl halides is 3. The third-order valence-corrected chi connectivity index (χ3v) is 15.7. The normalized spacial score (nSPS) is 22.1. The summed E-state index contributed by atoms with van der Waals surface area (Å²) in [4.78, 5) is 54.7. The number of rotatable bonds is 14. The number of hydrogen-bond acceptors (Lipinski definition) is 11. The molecule has 4 aromatic rings. The number of carbonyl (C=O) groups is 3. The van der Waals surface area contributed by atoms with Crippen molar-refractivity contribution in [3.63, 3.8) is 0 Å². The number of anilines is 1. The smallest absolute Gasteiger partial charge is 0.416 e. The van der Waals surface area contributed by atoms with Gasteiger partial charge in [-0.15, -0.1) is 11.3 Å². The van der Waals surface area contributed by atoms with E-state index in [1.807, 2.05) is 39.1 Å². The van der Waals surface area contributed by atoms with Crippen LogP contribution in [0.2, 0.25) is 0 Å². The van der Waals surface area contributed by atoms with Gasteiger partial charge in [-0.3, -0.25) is 19.1 Å². The third kappa shape index (κ3) is 9.76. The second-order valence-electron chi connectivity index (χ2n) is 18.7. The van der Waals surface area contributed by atoms with Crippen LogP contribution in [0.15, 0.2) is 47.8 Å².